The molecule has 0 spiro atoms. The summed E-state index contributed by atoms with van der Waals surface area (Å²) in [5.41, 5.74) is 4.47. The van der Waals surface area contributed by atoms with Crippen LogP contribution in [0.1, 0.15) is 63.8 Å². The van der Waals surface area contributed by atoms with Gasteiger partial charge in [-0.25, -0.2) is 0 Å². The minimum Gasteiger partial charge on any atom is -0.346 e. The van der Waals surface area contributed by atoms with E-state index in [1.165, 1.54) is 35.0 Å². The minimum absolute atomic E-state index is 0.194. The van der Waals surface area contributed by atoms with Crippen molar-refractivity contribution in [2.75, 3.05) is 13.1 Å². The third-order valence-electron chi connectivity index (χ3n) is 6.99. The molecule has 1 saturated carbocycles. The Morgan fingerprint density at radius 3 is 2.70 bits per heavy atom. The average Bonchev–Trinajstić information content (AvgIpc) is 3.39. The molecule has 4 nitrogen and oxygen atoms in total. The molecule has 1 aromatic heterocycles. The first-order valence-corrected chi connectivity index (χ1v) is 10.5. The van der Waals surface area contributed by atoms with Crippen molar-refractivity contribution in [1.29, 1.82) is 0 Å². The molecule has 1 unspecified atom stereocenters. The van der Waals surface area contributed by atoms with Gasteiger partial charge in [0.2, 0.25) is 5.91 Å². The van der Waals surface area contributed by atoms with Crippen LogP contribution in [-0.2, 0) is 18.3 Å². The molecule has 0 saturated heterocycles. The number of amides is 1. The van der Waals surface area contributed by atoms with Crippen LogP contribution >= 0.6 is 0 Å². The van der Waals surface area contributed by atoms with Crippen LogP contribution in [0.2, 0.25) is 0 Å². The van der Waals surface area contributed by atoms with Gasteiger partial charge in [-0.2, -0.15) is 0 Å². The molecule has 1 aliphatic heterocycles. The van der Waals surface area contributed by atoms with E-state index in [4.69, 9.17) is 0 Å². The van der Waals surface area contributed by atoms with Crippen LogP contribution in [0.3, 0.4) is 0 Å². The molecular formula is C23H33N3O. The maximum atomic E-state index is 12.3. The Kier molecular flexibility index (Phi) is 4.79. The van der Waals surface area contributed by atoms with E-state index in [9.17, 15) is 4.79 Å². The molecule has 1 fully saturated rings. The van der Waals surface area contributed by atoms with Gasteiger partial charge >= 0.3 is 0 Å². The van der Waals surface area contributed by atoms with Crippen molar-refractivity contribution in [3.63, 3.8) is 0 Å². The van der Waals surface area contributed by atoms with Crippen LogP contribution in [0, 0.1) is 5.92 Å². The highest BCUT2D eigenvalue weighted by Crippen LogP contribution is 2.42. The summed E-state index contributed by atoms with van der Waals surface area (Å²) in [6, 6.07) is 8.86. The Morgan fingerprint density at radius 1 is 1.30 bits per heavy atom. The summed E-state index contributed by atoms with van der Waals surface area (Å²) in [7, 11) is 2.16. The molecule has 4 rings (SSSR count). The number of rotatable bonds is 6. The fourth-order valence-electron chi connectivity index (χ4n) is 5.11. The SMILES string of the molecule is CC(=O)N1CCc2c(n(C)c3ccccc23)C1CCCNC1(C(C)C)CC1. The monoisotopic (exact) mass is 367 g/mol. The first-order chi connectivity index (χ1) is 12.9. The topological polar surface area (TPSA) is 37.3 Å². The van der Waals surface area contributed by atoms with E-state index in [1.54, 1.807) is 6.92 Å². The summed E-state index contributed by atoms with van der Waals surface area (Å²) in [5, 5.41) is 5.17. The number of nitrogens with zero attached hydrogens (tertiary/aromatic N) is 2. The molecule has 0 bridgehead atoms. The van der Waals surface area contributed by atoms with Gasteiger partial charge in [0.15, 0.2) is 0 Å². The van der Waals surface area contributed by atoms with E-state index in [-0.39, 0.29) is 11.9 Å². The lowest BCUT2D eigenvalue weighted by Gasteiger charge is -2.36. The van der Waals surface area contributed by atoms with Crippen LogP contribution in [0.15, 0.2) is 24.3 Å². The van der Waals surface area contributed by atoms with Crippen molar-refractivity contribution in [3.8, 4) is 0 Å². The van der Waals surface area contributed by atoms with Crippen LogP contribution < -0.4 is 5.32 Å². The van der Waals surface area contributed by atoms with Crippen LogP contribution in [0.4, 0.5) is 0 Å². The molecule has 2 heterocycles. The first kappa shape index (κ1) is 18.5. The highest BCUT2D eigenvalue weighted by Gasteiger charge is 2.44. The molecule has 2 aromatic rings. The number of nitrogens with one attached hydrogen (secondary N) is 1. The van der Waals surface area contributed by atoms with Gasteiger partial charge in [-0.15, -0.1) is 0 Å². The van der Waals surface area contributed by atoms with E-state index < -0.39 is 0 Å². The third-order valence-corrected chi connectivity index (χ3v) is 6.99. The molecule has 146 valence electrons. The molecule has 1 amide bonds. The lowest BCUT2D eigenvalue weighted by molar-refractivity contribution is -0.132. The number of fused-ring (bicyclic) bond motifs is 3. The van der Waals surface area contributed by atoms with E-state index in [0.29, 0.717) is 11.5 Å². The van der Waals surface area contributed by atoms with Gasteiger partial charge in [-0.1, -0.05) is 32.0 Å². The minimum atomic E-state index is 0.194. The number of carbonyl (C=O) groups excluding carboxylic acids is 1. The zero-order valence-electron chi connectivity index (χ0n) is 17.2. The molecule has 1 aromatic carbocycles. The first-order valence-electron chi connectivity index (χ1n) is 10.5. The summed E-state index contributed by atoms with van der Waals surface area (Å²) >= 11 is 0. The fourth-order valence-corrected chi connectivity index (χ4v) is 5.11. The summed E-state index contributed by atoms with van der Waals surface area (Å²) in [6.45, 7) is 8.24. The van der Waals surface area contributed by atoms with E-state index >= 15 is 0 Å². The molecule has 0 radical (unpaired) electrons. The number of aromatic nitrogens is 1. The maximum absolute atomic E-state index is 12.3. The summed E-state index contributed by atoms with van der Waals surface area (Å²) in [5.74, 6) is 0.899. The number of hydrogen-bond donors (Lipinski definition) is 1. The van der Waals surface area contributed by atoms with E-state index in [1.807, 2.05) is 0 Å². The lowest BCUT2D eigenvalue weighted by atomic mass is 9.94. The molecule has 1 N–H and O–H groups in total. The predicted octanol–water partition coefficient (Wildman–Crippen LogP) is 4.18. The largest absolute Gasteiger partial charge is 0.346 e. The Morgan fingerprint density at radius 2 is 2.04 bits per heavy atom. The fraction of sp³-hybridized carbons (Fsp3) is 0.609. The van der Waals surface area contributed by atoms with Crippen molar-refractivity contribution >= 4 is 16.8 Å². The number of para-hydroxylation sites is 1. The van der Waals surface area contributed by atoms with Crippen LogP contribution in [-0.4, -0.2) is 34.0 Å². The van der Waals surface area contributed by atoms with Gasteiger partial charge in [0.25, 0.3) is 0 Å². The van der Waals surface area contributed by atoms with Gasteiger partial charge in [0.05, 0.1) is 6.04 Å². The predicted molar refractivity (Wildman–Crippen MR) is 111 cm³/mol. The highest BCUT2D eigenvalue weighted by molar-refractivity contribution is 5.86. The van der Waals surface area contributed by atoms with Gasteiger partial charge in [0, 0.05) is 42.7 Å². The van der Waals surface area contributed by atoms with Gasteiger partial charge < -0.3 is 14.8 Å². The van der Waals surface area contributed by atoms with Crippen molar-refractivity contribution in [1.82, 2.24) is 14.8 Å². The van der Waals surface area contributed by atoms with Gasteiger partial charge in [-0.05, 0) is 56.2 Å². The molecule has 27 heavy (non-hydrogen) atoms. The zero-order chi connectivity index (χ0) is 19.2. The van der Waals surface area contributed by atoms with Crippen LogP contribution in [0.5, 0.6) is 0 Å². The van der Waals surface area contributed by atoms with Gasteiger partial charge in [-0.3, -0.25) is 4.79 Å². The second kappa shape index (κ2) is 6.97. The Labute approximate surface area is 162 Å². The molecular weight excluding hydrogens is 334 g/mol. The standard InChI is InChI=1S/C23H33N3O/c1-16(2)23(12-13-23)24-14-7-10-21-22-19(11-15-26(21)17(3)27)18-8-5-6-9-20(18)25(22)4/h5-6,8-9,16,21,24H,7,10-15H2,1-4H3. The maximum Gasteiger partial charge on any atom is 0.220 e. The second-order valence-electron chi connectivity index (χ2n) is 8.80. The molecule has 1 atom stereocenters. The van der Waals surface area contributed by atoms with Gasteiger partial charge in [0.1, 0.15) is 0 Å². The number of benzene rings is 1. The Hall–Kier alpha value is -1.81. The second-order valence-corrected chi connectivity index (χ2v) is 8.80. The quantitative estimate of drug-likeness (QED) is 0.778. The van der Waals surface area contributed by atoms with E-state index in [0.717, 1.165) is 32.4 Å². The summed E-state index contributed by atoms with van der Waals surface area (Å²) in [4.78, 5) is 14.4. The van der Waals surface area contributed by atoms with E-state index in [2.05, 4.69) is 59.9 Å². The zero-order valence-corrected chi connectivity index (χ0v) is 17.2. The average molecular weight is 368 g/mol. The summed E-state index contributed by atoms with van der Waals surface area (Å²) in [6.07, 6.45) is 5.70. The summed E-state index contributed by atoms with van der Waals surface area (Å²) < 4.78 is 2.33. The molecule has 2 aliphatic rings. The number of carbonyl (C=O) groups is 1. The van der Waals surface area contributed by atoms with Crippen LogP contribution in [0.25, 0.3) is 10.9 Å². The van der Waals surface area contributed by atoms with Crippen molar-refractivity contribution in [2.24, 2.45) is 13.0 Å². The Balaban J connectivity index is 1.55. The Bertz CT molecular complexity index is 847. The lowest BCUT2D eigenvalue weighted by Crippen LogP contribution is -2.40. The molecule has 1 aliphatic carbocycles. The third kappa shape index (κ3) is 3.18. The van der Waals surface area contributed by atoms with Crippen molar-refractivity contribution in [3.05, 3.63) is 35.5 Å². The normalized spacial score (nSPS) is 20.9. The smallest absolute Gasteiger partial charge is 0.220 e. The molecule has 4 heteroatoms. The number of hydrogen-bond acceptors (Lipinski definition) is 2. The van der Waals surface area contributed by atoms with Crippen molar-refractivity contribution in [2.45, 2.75) is 64.5 Å². The van der Waals surface area contributed by atoms with Crippen molar-refractivity contribution < 1.29 is 4.79 Å². The highest BCUT2D eigenvalue weighted by atomic mass is 16.2. The number of aryl methyl sites for hydroxylation is 1.